The van der Waals surface area contributed by atoms with Gasteiger partial charge in [-0.05, 0) is 49.1 Å². The van der Waals surface area contributed by atoms with E-state index in [0.717, 1.165) is 36.2 Å². The minimum atomic E-state index is -3.93. The van der Waals surface area contributed by atoms with Crippen LogP contribution in [0.3, 0.4) is 0 Å². The van der Waals surface area contributed by atoms with Crippen molar-refractivity contribution in [3.63, 3.8) is 0 Å². The maximum Gasteiger partial charge on any atom is 0.244 e. The Bertz CT molecular complexity index is 1220. The van der Waals surface area contributed by atoms with E-state index in [1.807, 2.05) is 6.92 Å². The Balaban J connectivity index is 1.98. The molecule has 1 fully saturated rings. The molecule has 3 rings (SSSR count). The van der Waals surface area contributed by atoms with E-state index in [9.17, 15) is 18.0 Å². The van der Waals surface area contributed by atoms with Crippen LogP contribution < -0.4 is 14.4 Å². The fraction of sp³-hybridized carbons (Fsp3) is 0.462. The molecule has 0 radical (unpaired) electrons. The lowest BCUT2D eigenvalue weighted by Crippen LogP contribution is -2.53. The van der Waals surface area contributed by atoms with Crippen molar-refractivity contribution < 1.29 is 22.7 Å². The largest absolute Gasteiger partial charge is 0.495 e. The number of hydrogen-bond donors (Lipinski definition) is 1. The molecule has 0 spiro atoms. The fourth-order valence-corrected chi connectivity index (χ4v) is 5.76. The number of carbonyl (C=O) groups excluding carboxylic acids is 2. The van der Waals surface area contributed by atoms with Crippen LogP contribution in [-0.2, 0) is 26.2 Å². The molecule has 0 bridgehead atoms. The fourth-order valence-electron chi connectivity index (χ4n) is 4.55. The summed E-state index contributed by atoms with van der Waals surface area (Å²) in [5.41, 5.74) is 0.780. The number of nitrogens with one attached hydrogen (secondary N) is 1. The molecule has 0 aliphatic heterocycles. The number of carbonyl (C=O) groups is 2. The zero-order chi connectivity index (χ0) is 27.2. The Morgan fingerprint density at radius 2 is 1.81 bits per heavy atom. The molecule has 2 aromatic carbocycles. The van der Waals surface area contributed by atoms with E-state index in [-0.39, 0.29) is 35.0 Å². The molecular weight excluding hydrogens is 537 g/mol. The highest BCUT2D eigenvalue weighted by Crippen LogP contribution is 2.33. The number of methoxy groups -OCH3 is 1. The molecule has 1 aliphatic rings. The SMILES string of the molecule is CC[C@H](C(=O)NC1CCCC1)N(Cc1ccccc1Cl)C(=O)CN(c1cc(Cl)ccc1OC)S(C)(=O)=O. The molecule has 0 unspecified atom stereocenters. The van der Waals surface area contributed by atoms with Gasteiger partial charge in [-0.3, -0.25) is 13.9 Å². The van der Waals surface area contributed by atoms with E-state index < -0.39 is 28.5 Å². The highest BCUT2D eigenvalue weighted by atomic mass is 35.5. The number of hydrogen-bond acceptors (Lipinski definition) is 5. The number of sulfonamides is 1. The molecular formula is C26H33Cl2N3O5S. The van der Waals surface area contributed by atoms with Crippen molar-refractivity contribution in [2.75, 3.05) is 24.2 Å². The first-order valence-electron chi connectivity index (χ1n) is 12.2. The average Bonchev–Trinajstić information content (AvgIpc) is 3.35. The van der Waals surface area contributed by atoms with Gasteiger partial charge in [0, 0.05) is 22.6 Å². The van der Waals surface area contributed by atoms with Crippen LogP contribution >= 0.6 is 23.2 Å². The Morgan fingerprint density at radius 3 is 2.41 bits per heavy atom. The summed E-state index contributed by atoms with van der Waals surface area (Å²) in [6.45, 7) is 1.31. The molecule has 2 amide bonds. The third-order valence-electron chi connectivity index (χ3n) is 6.47. The lowest BCUT2D eigenvalue weighted by Gasteiger charge is -2.33. The maximum atomic E-state index is 13.8. The summed E-state index contributed by atoms with van der Waals surface area (Å²) in [6, 6.07) is 10.8. The molecule has 1 aliphatic carbocycles. The first kappa shape index (κ1) is 29.1. The Morgan fingerprint density at radius 1 is 1.14 bits per heavy atom. The van der Waals surface area contributed by atoms with Crippen LogP contribution in [-0.4, -0.2) is 57.1 Å². The molecule has 11 heteroatoms. The smallest absolute Gasteiger partial charge is 0.244 e. The highest BCUT2D eigenvalue weighted by molar-refractivity contribution is 7.92. The van der Waals surface area contributed by atoms with Crippen molar-refractivity contribution in [3.05, 3.63) is 58.1 Å². The van der Waals surface area contributed by atoms with Crippen molar-refractivity contribution in [2.45, 2.75) is 57.7 Å². The van der Waals surface area contributed by atoms with Gasteiger partial charge in [-0.25, -0.2) is 8.42 Å². The summed E-state index contributed by atoms with van der Waals surface area (Å²) in [4.78, 5) is 28.6. The normalized spacial score (nSPS) is 14.7. The third kappa shape index (κ3) is 7.52. The van der Waals surface area contributed by atoms with Crippen molar-refractivity contribution in [2.24, 2.45) is 0 Å². The maximum absolute atomic E-state index is 13.8. The second-order valence-electron chi connectivity index (χ2n) is 9.11. The molecule has 1 saturated carbocycles. The van der Waals surface area contributed by atoms with E-state index in [1.165, 1.54) is 24.1 Å². The standard InChI is InChI=1S/C26H33Cl2N3O5S/c1-4-22(26(33)29-20-10-6-7-11-20)30(16-18-9-5-8-12-21(18)28)25(32)17-31(37(3,34)35)23-15-19(27)13-14-24(23)36-2/h5,8-9,12-15,20,22H,4,6-7,10-11,16-17H2,1-3H3,(H,29,33)/t22-/m1/s1. The Labute approximate surface area is 228 Å². The number of anilines is 1. The van der Waals surface area contributed by atoms with Crippen LogP contribution in [0.4, 0.5) is 5.69 Å². The topological polar surface area (TPSA) is 96.0 Å². The number of nitrogens with zero attached hydrogens (tertiary/aromatic N) is 2. The molecule has 0 heterocycles. The number of benzene rings is 2. The molecule has 8 nitrogen and oxygen atoms in total. The van der Waals surface area contributed by atoms with E-state index in [2.05, 4.69) is 5.32 Å². The van der Waals surface area contributed by atoms with Crippen molar-refractivity contribution in [1.29, 1.82) is 0 Å². The lowest BCUT2D eigenvalue weighted by atomic mass is 10.1. The van der Waals surface area contributed by atoms with Gasteiger partial charge in [-0.15, -0.1) is 0 Å². The van der Waals surface area contributed by atoms with Gasteiger partial charge in [-0.2, -0.15) is 0 Å². The van der Waals surface area contributed by atoms with Crippen molar-refractivity contribution >= 4 is 50.7 Å². The first-order chi connectivity index (χ1) is 17.5. The monoisotopic (exact) mass is 569 g/mol. The summed E-state index contributed by atoms with van der Waals surface area (Å²) in [7, 11) is -2.53. The van der Waals surface area contributed by atoms with E-state index >= 15 is 0 Å². The minimum absolute atomic E-state index is 0.0411. The van der Waals surface area contributed by atoms with Crippen LogP contribution in [0.5, 0.6) is 5.75 Å². The molecule has 1 atom stereocenters. The highest BCUT2D eigenvalue weighted by Gasteiger charge is 2.34. The minimum Gasteiger partial charge on any atom is -0.495 e. The first-order valence-corrected chi connectivity index (χ1v) is 14.8. The van der Waals surface area contributed by atoms with Gasteiger partial charge in [0.05, 0.1) is 19.1 Å². The van der Waals surface area contributed by atoms with Gasteiger partial charge < -0.3 is 15.0 Å². The molecule has 0 aromatic heterocycles. The molecule has 202 valence electrons. The number of halogens is 2. The predicted molar refractivity (Wildman–Crippen MR) is 147 cm³/mol. The van der Waals surface area contributed by atoms with Crippen LogP contribution in [0, 0.1) is 0 Å². The number of amides is 2. The van der Waals surface area contributed by atoms with Crippen LogP contribution in [0.1, 0.15) is 44.6 Å². The van der Waals surface area contributed by atoms with E-state index in [0.29, 0.717) is 17.0 Å². The predicted octanol–water partition coefficient (Wildman–Crippen LogP) is 4.63. The van der Waals surface area contributed by atoms with Crippen molar-refractivity contribution in [1.82, 2.24) is 10.2 Å². The summed E-state index contributed by atoms with van der Waals surface area (Å²) < 4.78 is 32.0. The van der Waals surface area contributed by atoms with Gasteiger partial charge in [0.1, 0.15) is 18.3 Å². The van der Waals surface area contributed by atoms with Gasteiger partial charge in [0.25, 0.3) is 0 Å². The number of ether oxygens (including phenoxy) is 1. The van der Waals surface area contributed by atoms with Crippen molar-refractivity contribution in [3.8, 4) is 5.75 Å². The lowest BCUT2D eigenvalue weighted by molar-refractivity contribution is -0.140. The Kier molecular flexibility index (Phi) is 10.1. The van der Waals surface area contributed by atoms with Crippen LogP contribution in [0.2, 0.25) is 10.0 Å². The summed E-state index contributed by atoms with van der Waals surface area (Å²) in [6.07, 6.45) is 5.24. The number of rotatable bonds is 11. The van der Waals surface area contributed by atoms with Gasteiger partial charge in [0.2, 0.25) is 21.8 Å². The summed E-state index contributed by atoms with van der Waals surface area (Å²) >= 11 is 12.5. The molecule has 2 aromatic rings. The van der Waals surface area contributed by atoms with Crippen LogP contribution in [0.15, 0.2) is 42.5 Å². The van der Waals surface area contributed by atoms with E-state index in [4.69, 9.17) is 27.9 Å². The van der Waals surface area contributed by atoms with Gasteiger partial charge >= 0.3 is 0 Å². The average molecular weight is 571 g/mol. The Hall–Kier alpha value is -2.49. The third-order valence-corrected chi connectivity index (χ3v) is 8.21. The second-order valence-corrected chi connectivity index (χ2v) is 11.9. The summed E-state index contributed by atoms with van der Waals surface area (Å²) in [5.74, 6) is -0.576. The van der Waals surface area contributed by atoms with E-state index in [1.54, 1.807) is 30.3 Å². The quantitative estimate of drug-likeness (QED) is 0.425. The molecule has 37 heavy (non-hydrogen) atoms. The van der Waals surface area contributed by atoms with Gasteiger partial charge in [0.15, 0.2) is 0 Å². The van der Waals surface area contributed by atoms with Crippen LogP contribution in [0.25, 0.3) is 0 Å². The second kappa shape index (κ2) is 12.8. The summed E-state index contributed by atoms with van der Waals surface area (Å²) in [5, 5.41) is 3.80. The zero-order valence-corrected chi connectivity index (χ0v) is 23.6. The zero-order valence-electron chi connectivity index (χ0n) is 21.2. The molecule has 1 N–H and O–H groups in total. The molecule has 0 saturated heterocycles. The van der Waals surface area contributed by atoms with Gasteiger partial charge in [-0.1, -0.05) is 61.2 Å².